The lowest BCUT2D eigenvalue weighted by molar-refractivity contribution is -0.115. The number of hydrogen-bond donors (Lipinski definition) is 1. The van der Waals surface area contributed by atoms with E-state index in [4.69, 9.17) is 0 Å². The molecule has 0 saturated heterocycles. The molecule has 154 valence electrons. The van der Waals surface area contributed by atoms with Gasteiger partial charge in [-0.2, -0.15) is 0 Å². The number of H-pyrrole nitrogens is 1. The van der Waals surface area contributed by atoms with Crippen molar-refractivity contribution in [3.05, 3.63) is 50.9 Å². The van der Waals surface area contributed by atoms with Crippen molar-refractivity contribution in [3.8, 4) is 0 Å². The summed E-state index contributed by atoms with van der Waals surface area (Å²) >= 11 is 2.91. The maximum Gasteiger partial charge on any atom is 0.343 e. The molecule has 0 atom stereocenters. The molecule has 0 aliphatic heterocycles. The van der Waals surface area contributed by atoms with Crippen molar-refractivity contribution in [2.75, 3.05) is 4.90 Å². The van der Waals surface area contributed by atoms with E-state index < -0.39 is 0 Å². The maximum atomic E-state index is 12.4. The number of aromatic nitrogens is 4. The van der Waals surface area contributed by atoms with E-state index in [2.05, 4.69) is 22.1 Å². The van der Waals surface area contributed by atoms with Gasteiger partial charge in [0.2, 0.25) is 5.91 Å². The molecule has 3 aromatic rings. The fourth-order valence-corrected chi connectivity index (χ4v) is 4.77. The Morgan fingerprint density at radius 1 is 1.34 bits per heavy atom. The molecule has 0 bridgehead atoms. The molecule has 2 heterocycles. The summed E-state index contributed by atoms with van der Waals surface area (Å²) < 4.78 is 1.67. The molecular formula is C20H25N5O2S2. The van der Waals surface area contributed by atoms with E-state index in [9.17, 15) is 9.59 Å². The number of carbonyl (C=O) groups is 1. The van der Waals surface area contributed by atoms with Crippen molar-refractivity contribution in [1.29, 1.82) is 0 Å². The second kappa shape index (κ2) is 9.41. The zero-order valence-corrected chi connectivity index (χ0v) is 18.7. The Morgan fingerprint density at radius 3 is 2.86 bits per heavy atom. The van der Waals surface area contributed by atoms with Gasteiger partial charge in [0.05, 0.1) is 11.4 Å². The molecule has 0 saturated carbocycles. The smallest absolute Gasteiger partial charge is 0.274 e. The summed E-state index contributed by atoms with van der Waals surface area (Å²) in [5, 5.41) is 9.90. The second-order valence-electron chi connectivity index (χ2n) is 6.80. The van der Waals surface area contributed by atoms with Crippen LogP contribution >= 0.6 is 23.1 Å². The first kappa shape index (κ1) is 21.3. The van der Waals surface area contributed by atoms with E-state index in [0.29, 0.717) is 22.6 Å². The Morgan fingerprint density at radius 2 is 2.14 bits per heavy atom. The Balaban J connectivity index is 1.79. The molecule has 0 unspecified atom stereocenters. The van der Waals surface area contributed by atoms with Gasteiger partial charge in [-0.3, -0.25) is 14.3 Å². The molecular weight excluding hydrogens is 406 g/mol. The van der Waals surface area contributed by atoms with Crippen LogP contribution in [-0.2, 0) is 17.1 Å². The van der Waals surface area contributed by atoms with Crippen molar-refractivity contribution >= 4 is 39.8 Å². The van der Waals surface area contributed by atoms with Gasteiger partial charge in [-0.05, 0) is 37.5 Å². The standard InChI is InChI=1S/C20H25N5O2S2/c1-5-6-10-24-18(27)22-23-20(24)29-12-16-11-28-19(21-16)25(15(4)26)17-9-7-8-13(2)14(17)3/h7-9,11H,5-6,10,12H2,1-4H3,(H,22,27). The summed E-state index contributed by atoms with van der Waals surface area (Å²) in [4.78, 5) is 30.6. The van der Waals surface area contributed by atoms with Crippen LogP contribution < -0.4 is 10.6 Å². The Labute approximate surface area is 178 Å². The average Bonchev–Trinajstić information content (AvgIpc) is 3.28. The first-order chi connectivity index (χ1) is 13.9. The Hall–Kier alpha value is -2.39. The highest BCUT2D eigenvalue weighted by Gasteiger charge is 2.20. The number of nitrogens with one attached hydrogen (secondary N) is 1. The lowest BCUT2D eigenvalue weighted by Crippen LogP contribution is -2.23. The fraction of sp³-hybridized carbons (Fsp3) is 0.400. The summed E-state index contributed by atoms with van der Waals surface area (Å²) in [6, 6.07) is 5.92. The molecule has 1 aromatic carbocycles. The molecule has 3 rings (SSSR count). The number of thiazole rings is 1. The van der Waals surface area contributed by atoms with Crippen LogP contribution in [-0.4, -0.2) is 25.7 Å². The van der Waals surface area contributed by atoms with Gasteiger partial charge in [0.1, 0.15) is 0 Å². The van der Waals surface area contributed by atoms with Crippen molar-refractivity contribution in [2.45, 2.75) is 58.0 Å². The van der Waals surface area contributed by atoms with Gasteiger partial charge in [0.25, 0.3) is 0 Å². The van der Waals surface area contributed by atoms with Gasteiger partial charge < -0.3 is 0 Å². The van der Waals surface area contributed by atoms with Crippen molar-refractivity contribution < 1.29 is 4.79 Å². The number of benzene rings is 1. The minimum atomic E-state index is -0.183. The van der Waals surface area contributed by atoms with Gasteiger partial charge >= 0.3 is 5.69 Å². The number of carbonyl (C=O) groups excluding carboxylic acids is 1. The average molecular weight is 432 g/mol. The van der Waals surface area contributed by atoms with E-state index in [1.165, 1.54) is 23.1 Å². The van der Waals surface area contributed by atoms with Crippen molar-refractivity contribution in [2.24, 2.45) is 0 Å². The Bertz CT molecular complexity index is 1050. The van der Waals surface area contributed by atoms with Crippen LogP contribution in [0.4, 0.5) is 10.8 Å². The predicted octanol–water partition coefficient (Wildman–Crippen LogP) is 4.42. The van der Waals surface area contributed by atoms with Crippen LogP contribution in [0.2, 0.25) is 0 Å². The molecule has 7 nitrogen and oxygen atoms in total. The third-order valence-electron chi connectivity index (χ3n) is 4.67. The van der Waals surface area contributed by atoms with E-state index in [1.54, 1.807) is 16.4 Å². The number of aromatic amines is 1. The largest absolute Gasteiger partial charge is 0.343 e. The van der Waals surface area contributed by atoms with E-state index in [-0.39, 0.29) is 11.6 Å². The monoisotopic (exact) mass is 431 g/mol. The Kier molecular flexibility index (Phi) is 6.92. The maximum absolute atomic E-state index is 12.4. The van der Waals surface area contributed by atoms with Crippen LogP contribution in [0, 0.1) is 13.8 Å². The molecule has 0 radical (unpaired) electrons. The highest BCUT2D eigenvalue weighted by molar-refractivity contribution is 7.98. The number of thioether (sulfide) groups is 1. The highest BCUT2D eigenvalue weighted by Crippen LogP contribution is 2.33. The van der Waals surface area contributed by atoms with Crippen LogP contribution in [0.5, 0.6) is 0 Å². The minimum Gasteiger partial charge on any atom is -0.274 e. The summed E-state index contributed by atoms with van der Waals surface area (Å²) in [5.74, 6) is 0.499. The molecule has 0 fully saturated rings. The molecule has 1 amide bonds. The van der Waals surface area contributed by atoms with Gasteiger partial charge in [0.15, 0.2) is 10.3 Å². The van der Waals surface area contributed by atoms with Gasteiger partial charge in [-0.25, -0.2) is 14.9 Å². The van der Waals surface area contributed by atoms with Crippen LogP contribution in [0.25, 0.3) is 0 Å². The van der Waals surface area contributed by atoms with E-state index >= 15 is 0 Å². The summed E-state index contributed by atoms with van der Waals surface area (Å²) in [7, 11) is 0. The third-order valence-corrected chi connectivity index (χ3v) is 6.55. The van der Waals surface area contributed by atoms with Crippen molar-refractivity contribution in [1.82, 2.24) is 19.7 Å². The number of unbranched alkanes of at least 4 members (excludes halogenated alkanes) is 1. The molecule has 1 N–H and O–H groups in total. The zero-order chi connectivity index (χ0) is 21.0. The molecule has 0 aliphatic rings. The van der Waals surface area contributed by atoms with Gasteiger partial charge in [-0.15, -0.1) is 16.4 Å². The highest BCUT2D eigenvalue weighted by atomic mass is 32.2. The number of hydrogen-bond acceptors (Lipinski definition) is 6. The number of anilines is 2. The quantitative estimate of drug-likeness (QED) is 0.534. The molecule has 0 aliphatic carbocycles. The normalized spacial score (nSPS) is 11.0. The number of aryl methyl sites for hydroxylation is 1. The van der Waals surface area contributed by atoms with E-state index in [0.717, 1.165) is 35.3 Å². The minimum absolute atomic E-state index is 0.0760. The van der Waals surface area contributed by atoms with Crippen molar-refractivity contribution in [3.63, 3.8) is 0 Å². The summed E-state index contributed by atoms with van der Waals surface area (Å²) in [5.41, 5.74) is 3.71. The fourth-order valence-electron chi connectivity index (χ4n) is 2.92. The molecule has 29 heavy (non-hydrogen) atoms. The third kappa shape index (κ3) is 4.79. The number of rotatable bonds is 8. The summed E-state index contributed by atoms with van der Waals surface area (Å²) in [6.45, 7) is 8.33. The SMILES string of the molecule is CCCCn1c(SCc2csc(N(C(C)=O)c3cccc(C)c3C)n2)n[nH]c1=O. The second-order valence-corrected chi connectivity index (χ2v) is 8.58. The first-order valence-electron chi connectivity index (χ1n) is 9.51. The summed E-state index contributed by atoms with van der Waals surface area (Å²) in [6.07, 6.45) is 1.94. The zero-order valence-electron chi connectivity index (χ0n) is 17.1. The lowest BCUT2D eigenvalue weighted by Gasteiger charge is -2.21. The van der Waals surface area contributed by atoms with E-state index in [1.807, 2.05) is 37.4 Å². The predicted molar refractivity (Wildman–Crippen MR) is 118 cm³/mol. The topological polar surface area (TPSA) is 83.9 Å². The van der Waals surface area contributed by atoms with Gasteiger partial charge in [-0.1, -0.05) is 37.2 Å². The molecule has 9 heteroatoms. The number of nitrogens with zero attached hydrogens (tertiary/aromatic N) is 4. The van der Waals surface area contributed by atoms with Crippen LogP contribution in [0.1, 0.15) is 43.5 Å². The molecule has 0 spiro atoms. The first-order valence-corrected chi connectivity index (χ1v) is 11.4. The van der Waals surface area contributed by atoms with Gasteiger partial charge in [0, 0.05) is 24.6 Å². The van der Waals surface area contributed by atoms with Crippen LogP contribution in [0.15, 0.2) is 33.5 Å². The lowest BCUT2D eigenvalue weighted by atomic mass is 10.1. The molecule has 2 aromatic heterocycles. The number of amides is 1. The van der Waals surface area contributed by atoms with Crippen LogP contribution in [0.3, 0.4) is 0 Å².